The highest BCUT2D eigenvalue weighted by atomic mass is 32.1. The van der Waals surface area contributed by atoms with Gasteiger partial charge in [-0.1, -0.05) is 36.8 Å². The van der Waals surface area contributed by atoms with Gasteiger partial charge >= 0.3 is 0 Å². The molecule has 1 saturated carbocycles. The summed E-state index contributed by atoms with van der Waals surface area (Å²) in [6.45, 7) is 0. The van der Waals surface area contributed by atoms with E-state index in [1.54, 1.807) is 11.3 Å². The standard InChI is InChI=1S/C16H20N2S/c17-18-16(11-13-7-4-10-19-13)15-9-2-1-8-14(15)12-5-3-6-12/h1-2,4,7-10,12,16,18H,3,5-6,11,17H2. The van der Waals surface area contributed by atoms with Gasteiger partial charge in [0.1, 0.15) is 0 Å². The molecule has 1 aliphatic carbocycles. The molecule has 1 fully saturated rings. The van der Waals surface area contributed by atoms with Gasteiger partial charge in [-0.3, -0.25) is 11.3 Å². The number of nitrogens with one attached hydrogen (secondary N) is 1. The summed E-state index contributed by atoms with van der Waals surface area (Å²) in [5.41, 5.74) is 5.88. The van der Waals surface area contributed by atoms with Gasteiger partial charge in [-0.15, -0.1) is 11.3 Å². The van der Waals surface area contributed by atoms with E-state index in [0.717, 1.165) is 12.3 Å². The molecule has 0 saturated heterocycles. The molecule has 3 heteroatoms. The first-order chi connectivity index (χ1) is 9.38. The smallest absolute Gasteiger partial charge is 0.0510 e. The third-order valence-corrected chi connectivity index (χ3v) is 5.00. The summed E-state index contributed by atoms with van der Waals surface area (Å²) in [5, 5.41) is 2.13. The third kappa shape index (κ3) is 2.73. The molecule has 0 aliphatic heterocycles. The SMILES string of the molecule is NNC(Cc1cccs1)c1ccccc1C1CCC1. The number of hydrogen-bond acceptors (Lipinski definition) is 3. The fourth-order valence-corrected chi connectivity index (χ4v) is 3.56. The van der Waals surface area contributed by atoms with Gasteiger partial charge < -0.3 is 0 Å². The maximum absolute atomic E-state index is 5.80. The van der Waals surface area contributed by atoms with Gasteiger partial charge in [0.15, 0.2) is 0 Å². The molecular weight excluding hydrogens is 252 g/mol. The van der Waals surface area contributed by atoms with E-state index in [9.17, 15) is 0 Å². The van der Waals surface area contributed by atoms with E-state index in [2.05, 4.69) is 47.2 Å². The molecule has 0 amide bonds. The Labute approximate surface area is 118 Å². The molecule has 3 rings (SSSR count). The van der Waals surface area contributed by atoms with Crippen molar-refractivity contribution in [3.8, 4) is 0 Å². The molecule has 2 aromatic rings. The molecule has 2 nitrogen and oxygen atoms in total. The maximum atomic E-state index is 5.80. The van der Waals surface area contributed by atoms with Gasteiger partial charge in [0.25, 0.3) is 0 Å². The van der Waals surface area contributed by atoms with E-state index < -0.39 is 0 Å². The lowest BCUT2D eigenvalue weighted by Crippen LogP contribution is -2.30. The van der Waals surface area contributed by atoms with Gasteiger partial charge in [0, 0.05) is 11.3 Å². The molecule has 3 N–H and O–H groups in total. The van der Waals surface area contributed by atoms with Crippen LogP contribution in [0.5, 0.6) is 0 Å². The summed E-state index contributed by atoms with van der Waals surface area (Å²) >= 11 is 1.80. The van der Waals surface area contributed by atoms with Crippen LogP contribution in [0.2, 0.25) is 0 Å². The zero-order valence-electron chi connectivity index (χ0n) is 11.0. The lowest BCUT2D eigenvalue weighted by molar-refractivity contribution is 0.411. The van der Waals surface area contributed by atoms with Gasteiger partial charge in [-0.2, -0.15) is 0 Å². The fraction of sp³-hybridized carbons (Fsp3) is 0.375. The molecule has 0 spiro atoms. The highest BCUT2D eigenvalue weighted by Crippen LogP contribution is 2.39. The number of rotatable bonds is 5. The molecule has 1 unspecified atom stereocenters. The predicted molar refractivity (Wildman–Crippen MR) is 81.1 cm³/mol. The minimum Gasteiger partial charge on any atom is -0.271 e. The molecule has 0 bridgehead atoms. The van der Waals surface area contributed by atoms with Gasteiger partial charge in [0.05, 0.1) is 6.04 Å². The van der Waals surface area contributed by atoms with E-state index >= 15 is 0 Å². The minimum absolute atomic E-state index is 0.218. The minimum atomic E-state index is 0.218. The van der Waals surface area contributed by atoms with Crippen LogP contribution in [0.15, 0.2) is 41.8 Å². The van der Waals surface area contributed by atoms with Crippen LogP contribution < -0.4 is 11.3 Å². The highest BCUT2D eigenvalue weighted by Gasteiger charge is 2.24. The monoisotopic (exact) mass is 272 g/mol. The van der Waals surface area contributed by atoms with Crippen LogP contribution in [-0.2, 0) is 6.42 Å². The van der Waals surface area contributed by atoms with E-state index in [1.807, 2.05) is 0 Å². The molecule has 1 aliphatic rings. The maximum Gasteiger partial charge on any atom is 0.0510 e. The predicted octanol–water partition coefficient (Wildman–Crippen LogP) is 3.76. The van der Waals surface area contributed by atoms with Crippen LogP contribution >= 0.6 is 11.3 Å². The van der Waals surface area contributed by atoms with E-state index in [1.165, 1.54) is 35.3 Å². The van der Waals surface area contributed by atoms with Crippen LogP contribution in [0.1, 0.15) is 47.2 Å². The number of hydrazine groups is 1. The zero-order chi connectivity index (χ0) is 13.1. The van der Waals surface area contributed by atoms with Crippen molar-refractivity contribution in [3.05, 3.63) is 57.8 Å². The third-order valence-electron chi connectivity index (χ3n) is 4.10. The molecule has 1 aromatic heterocycles. The van der Waals surface area contributed by atoms with Crippen LogP contribution in [0.3, 0.4) is 0 Å². The largest absolute Gasteiger partial charge is 0.271 e. The van der Waals surface area contributed by atoms with Crippen LogP contribution in [-0.4, -0.2) is 0 Å². The van der Waals surface area contributed by atoms with Crippen molar-refractivity contribution in [2.45, 2.75) is 37.6 Å². The summed E-state index contributed by atoms with van der Waals surface area (Å²) in [4.78, 5) is 1.38. The molecule has 1 heterocycles. The van der Waals surface area contributed by atoms with E-state index in [0.29, 0.717) is 0 Å². The van der Waals surface area contributed by atoms with Crippen LogP contribution in [0, 0.1) is 0 Å². The molecule has 100 valence electrons. The zero-order valence-corrected chi connectivity index (χ0v) is 11.8. The Morgan fingerprint density at radius 1 is 1.21 bits per heavy atom. The Morgan fingerprint density at radius 2 is 2.05 bits per heavy atom. The highest BCUT2D eigenvalue weighted by molar-refractivity contribution is 7.09. The molecule has 1 atom stereocenters. The van der Waals surface area contributed by atoms with Crippen molar-refractivity contribution in [3.63, 3.8) is 0 Å². The molecule has 1 aromatic carbocycles. The average Bonchev–Trinajstić information content (AvgIpc) is 2.88. The lowest BCUT2D eigenvalue weighted by atomic mass is 9.77. The second-order valence-corrected chi connectivity index (χ2v) is 6.29. The first-order valence-corrected chi connectivity index (χ1v) is 7.84. The van der Waals surface area contributed by atoms with Gasteiger partial charge in [-0.05, 0) is 41.3 Å². The second-order valence-electron chi connectivity index (χ2n) is 5.26. The first-order valence-electron chi connectivity index (χ1n) is 6.96. The fourth-order valence-electron chi connectivity index (χ4n) is 2.81. The molecule has 0 radical (unpaired) electrons. The number of thiophene rings is 1. The molecule has 19 heavy (non-hydrogen) atoms. The summed E-state index contributed by atoms with van der Waals surface area (Å²) in [6.07, 6.45) is 4.99. The average molecular weight is 272 g/mol. The van der Waals surface area contributed by atoms with Crippen molar-refractivity contribution < 1.29 is 0 Å². The van der Waals surface area contributed by atoms with Crippen LogP contribution in [0.25, 0.3) is 0 Å². The summed E-state index contributed by atoms with van der Waals surface area (Å²) < 4.78 is 0. The second kappa shape index (κ2) is 5.87. The van der Waals surface area contributed by atoms with Gasteiger partial charge in [-0.25, -0.2) is 0 Å². The summed E-state index contributed by atoms with van der Waals surface area (Å²) in [6, 6.07) is 13.3. The Balaban J connectivity index is 1.86. The molecular formula is C16H20N2S. The first kappa shape index (κ1) is 12.9. The van der Waals surface area contributed by atoms with Crippen molar-refractivity contribution in [1.82, 2.24) is 5.43 Å². The van der Waals surface area contributed by atoms with Crippen molar-refractivity contribution >= 4 is 11.3 Å². The summed E-state index contributed by atoms with van der Waals surface area (Å²) in [7, 11) is 0. The van der Waals surface area contributed by atoms with Crippen molar-refractivity contribution in [2.24, 2.45) is 5.84 Å². The normalized spacial score (nSPS) is 17.1. The van der Waals surface area contributed by atoms with Crippen molar-refractivity contribution in [1.29, 1.82) is 0 Å². The number of benzene rings is 1. The Kier molecular flexibility index (Phi) is 3.97. The Morgan fingerprint density at radius 3 is 2.68 bits per heavy atom. The van der Waals surface area contributed by atoms with Crippen molar-refractivity contribution in [2.75, 3.05) is 0 Å². The van der Waals surface area contributed by atoms with Gasteiger partial charge in [0.2, 0.25) is 0 Å². The Bertz CT molecular complexity index is 517. The number of hydrogen-bond donors (Lipinski definition) is 2. The Hall–Kier alpha value is -1.16. The van der Waals surface area contributed by atoms with E-state index in [4.69, 9.17) is 5.84 Å². The quantitative estimate of drug-likeness (QED) is 0.642. The summed E-state index contributed by atoms with van der Waals surface area (Å²) in [5.74, 6) is 6.55. The van der Waals surface area contributed by atoms with E-state index in [-0.39, 0.29) is 6.04 Å². The topological polar surface area (TPSA) is 38.0 Å². The number of nitrogens with two attached hydrogens (primary N) is 1. The van der Waals surface area contributed by atoms with Crippen LogP contribution in [0.4, 0.5) is 0 Å². The lowest BCUT2D eigenvalue weighted by Gasteiger charge is -2.30.